The van der Waals surface area contributed by atoms with Crippen molar-refractivity contribution in [3.05, 3.63) is 0 Å². The second-order valence-corrected chi connectivity index (χ2v) is 6.43. The highest BCUT2D eigenvalue weighted by Crippen LogP contribution is 2.24. The van der Waals surface area contributed by atoms with Crippen LogP contribution in [0.1, 0.15) is 26.2 Å². The van der Waals surface area contributed by atoms with E-state index in [-0.39, 0.29) is 5.60 Å². The van der Waals surface area contributed by atoms with E-state index in [9.17, 15) is 0 Å². The van der Waals surface area contributed by atoms with Crippen LogP contribution < -0.4 is 10.6 Å². The topological polar surface area (TPSA) is 67.4 Å². The summed E-state index contributed by atoms with van der Waals surface area (Å²) in [6.45, 7) is 11.0. The molecular formula is C17H34N4O3. The summed E-state index contributed by atoms with van der Waals surface area (Å²) in [7, 11) is 1.78. The van der Waals surface area contributed by atoms with E-state index in [2.05, 4.69) is 22.5 Å². The summed E-state index contributed by atoms with van der Waals surface area (Å²) in [4.78, 5) is 7.20. The first-order chi connectivity index (χ1) is 11.8. The molecule has 2 heterocycles. The van der Waals surface area contributed by atoms with Crippen LogP contribution in [0.2, 0.25) is 0 Å². The predicted octanol–water partition coefficient (Wildman–Crippen LogP) is 0.459. The molecule has 2 saturated heterocycles. The van der Waals surface area contributed by atoms with Crippen molar-refractivity contribution in [3.63, 3.8) is 0 Å². The Bertz CT molecular complexity index is 367. The van der Waals surface area contributed by atoms with Gasteiger partial charge >= 0.3 is 0 Å². The maximum atomic E-state index is 5.75. The molecule has 7 heteroatoms. The highest BCUT2D eigenvalue weighted by atomic mass is 16.5. The van der Waals surface area contributed by atoms with E-state index < -0.39 is 0 Å². The monoisotopic (exact) mass is 342 g/mol. The van der Waals surface area contributed by atoms with Gasteiger partial charge in [-0.25, -0.2) is 0 Å². The Labute approximate surface area is 146 Å². The quantitative estimate of drug-likeness (QED) is 0.379. The first-order valence-corrected chi connectivity index (χ1v) is 9.23. The summed E-state index contributed by atoms with van der Waals surface area (Å²) < 4.78 is 16.6. The minimum absolute atomic E-state index is 0.172. The van der Waals surface area contributed by atoms with E-state index >= 15 is 0 Å². The third kappa shape index (κ3) is 6.55. The largest absolute Gasteiger partial charge is 0.381 e. The molecule has 7 nitrogen and oxygen atoms in total. The average Bonchev–Trinajstić information content (AvgIpc) is 2.65. The van der Waals surface area contributed by atoms with E-state index in [1.54, 1.807) is 7.11 Å². The smallest absolute Gasteiger partial charge is 0.191 e. The van der Waals surface area contributed by atoms with Gasteiger partial charge in [-0.05, 0) is 19.9 Å². The number of hydrogen-bond acceptors (Lipinski definition) is 5. The Kier molecular flexibility index (Phi) is 8.80. The first-order valence-electron chi connectivity index (χ1n) is 9.23. The van der Waals surface area contributed by atoms with E-state index in [1.165, 1.54) is 0 Å². The molecule has 0 saturated carbocycles. The lowest BCUT2D eigenvalue weighted by atomic mass is 9.94. The van der Waals surface area contributed by atoms with Crippen LogP contribution in [0.25, 0.3) is 0 Å². The van der Waals surface area contributed by atoms with Gasteiger partial charge < -0.3 is 24.8 Å². The van der Waals surface area contributed by atoms with Gasteiger partial charge in [0.2, 0.25) is 0 Å². The van der Waals surface area contributed by atoms with Crippen LogP contribution in [0, 0.1) is 0 Å². The summed E-state index contributed by atoms with van der Waals surface area (Å²) in [6, 6.07) is 0. The van der Waals surface area contributed by atoms with Crippen molar-refractivity contribution >= 4 is 5.96 Å². The standard InChI is InChI=1S/C17H34N4O3/c1-3-18-16(19-7-4-8-21-9-13-24-14-10-21)20-15-17(22-2)5-11-23-12-6-17/h3-15H2,1-2H3,(H2,18,19,20). The molecule has 0 aromatic heterocycles. The highest BCUT2D eigenvalue weighted by Gasteiger charge is 2.32. The fraction of sp³-hybridized carbons (Fsp3) is 0.941. The lowest BCUT2D eigenvalue weighted by molar-refractivity contribution is -0.0828. The van der Waals surface area contributed by atoms with Gasteiger partial charge in [0.05, 0.1) is 25.4 Å². The normalized spacial score (nSPS) is 22.3. The lowest BCUT2D eigenvalue weighted by Gasteiger charge is -2.34. The van der Waals surface area contributed by atoms with Crippen LogP contribution in [0.4, 0.5) is 0 Å². The summed E-state index contributed by atoms with van der Waals surface area (Å²) >= 11 is 0. The van der Waals surface area contributed by atoms with Crippen molar-refractivity contribution in [2.45, 2.75) is 31.8 Å². The second-order valence-electron chi connectivity index (χ2n) is 6.43. The van der Waals surface area contributed by atoms with Gasteiger partial charge in [0.15, 0.2) is 5.96 Å². The molecule has 0 aromatic carbocycles. The molecule has 0 unspecified atom stereocenters. The van der Waals surface area contributed by atoms with Crippen molar-refractivity contribution in [3.8, 4) is 0 Å². The number of hydrogen-bond donors (Lipinski definition) is 2. The van der Waals surface area contributed by atoms with Gasteiger partial charge in [0, 0.05) is 59.3 Å². The van der Waals surface area contributed by atoms with Crippen molar-refractivity contribution in [2.75, 3.05) is 72.8 Å². The van der Waals surface area contributed by atoms with Crippen molar-refractivity contribution in [2.24, 2.45) is 4.99 Å². The Balaban J connectivity index is 1.73. The molecule has 2 N–H and O–H groups in total. The molecule has 140 valence electrons. The number of morpholine rings is 1. The molecule has 0 aliphatic carbocycles. The molecular weight excluding hydrogens is 308 g/mol. The summed E-state index contributed by atoms with van der Waals surface area (Å²) in [5.74, 6) is 0.877. The van der Waals surface area contributed by atoms with E-state index in [1.807, 2.05) is 0 Å². The Morgan fingerprint density at radius 1 is 1.12 bits per heavy atom. The van der Waals surface area contributed by atoms with Gasteiger partial charge in [0.25, 0.3) is 0 Å². The Morgan fingerprint density at radius 2 is 1.83 bits per heavy atom. The average molecular weight is 342 g/mol. The SMILES string of the molecule is CCNC(=NCC1(OC)CCOCC1)NCCCN1CCOCC1. The predicted molar refractivity (Wildman–Crippen MR) is 95.7 cm³/mol. The van der Waals surface area contributed by atoms with Crippen LogP contribution >= 0.6 is 0 Å². The minimum Gasteiger partial charge on any atom is -0.381 e. The molecule has 2 fully saturated rings. The first kappa shape index (κ1) is 19.4. The Hall–Kier alpha value is -0.890. The molecule has 0 amide bonds. The van der Waals surface area contributed by atoms with E-state index in [0.717, 1.165) is 84.4 Å². The van der Waals surface area contributed by atoms with Crippen molar-refractivity contribution in [1.29, 1.82) is 0 Å². The zero-order valence-electron chi connectivity index (χ0n) is 15.3. The van der Waals surface area contributed by atoms with Gasteiger partial charge in [-0.15, -0.1) is 0 Å². The fourth-order valence-electron chi connectivity index (χ4n) is 3.07. The number of nitrogens with zero attached hydrogens (tertiary/aromatic N) is 2. The molecule has 0 atom stereocenters. The number of guanidine groups is 1. The summed E-state index contributed by atoms with van der Waals surface area (Å²) in [5, 5.41) is 6.76. The number of rotatable bonds is 8. The third-order valence-electron chi connectivity index (χ3n) is 4.75. The zero-order chi connectivity index (χ0) is 17.1. The lowest BCUT2D eigenvalue weighted by Crippen LogP contribution is -2.44. The van der Waals surface area contributed by atoms with Crippen LogP contribution in [0.15, 0.2) is 4.99 Å². The molecule has 2 aliphatic rings. The highest BCUT2D eigenvalue weighted by molar-refractivity contribution is 5.79. The summed E-state index contributed by atoms with van der Waals surface area (Å²) in [5.41, 5.74) is -0.172. The van der Waals surface area contributed by atoms with Gasteiger partial charge in [0.1, 0.15) is 0 Å². The van der Waals surface area contributed by atoms with Crippen molar-refractivity contribution < 1.29 is 14.2 Å². The van der Waals surface area contributed by atoms with Gasteiger partial charge in [-0.1, -0.05) is 0 Å². The van der Waals surface area contributed by atoms with Crippen LogP contribution in [0.5, 0.6) is 0 Å². The third-order valence-corrected chi connectivity index (χ3v) is 4.75. The maximum Gasteiger partial charge on any atom is 0.191 e. The number of nitrogens with one attached hydrogen (secondary N) is 2. The molecule has 0 radical (unpaired) electrons. The van der Waals surface area contributed by atoms with Crippen LogP contribution in [-0.4, -0.2) is 89.3 Å². The Morgan fingerprint density at radius 3 is 2.50 bits per heavy atom. The molecule has 0 bridgehead atoms. The van der Waals surface area contributed by atoms with E-state index in [0.29, 0.717) is 6.54 Å². The van der Waals surface area contributed by atoms with E-state index in [4.69, 9.17) is 19.2 Å². The van der Waals surface area contributed by atoms with Gasteiger partial charge in [-0.2, -0.15) is 0 Å². The van der Waals surface area contributed by atoms with Crippen molar-refractivity contribution in [1.82, 2.24) is 15.5 Å². The molecule has 0 spiro atoms. The molecule has 0 aromatic rings. The van der Waals surface area contributed by atoms with Crippen LogP contribution in [0.3, 0.4) is 0 Å². The number of methoxy groups -OCH3 is 1. The fourth-order valence-corrected chi connectivity index (χ4v) is 3.07. The second kappa shape index (κ2) is 10.9. The molecule has 24 heavy (non-hydrogen) atoms. The number of aliphatic imine (C=N–C) groups is 1. The zero-order valence-corrected chi connectivity index (χ0v) is 15.3. The van der Waals surface area contributed by atoms with Gasteiger partial charge in [-0.3, -0.25) is 9.89 Å². The van der Waals surface area contributed by atoms with Crippen LogP contribution in [-0.2, 0) is 14.2 Å². The molecule has 2 rings (SSSR count). The number of ether oxygens (including phenoxy) is 3. The molecule has 2 aliphatic heterocycles. The minimum atomic E-state index is -0.172. The summed E-state index contributed by atoms with van der Waals surface area (Å²) in [6.07, 6.45) is 2.92. The maximum absolute atomic E-state index is 5.75.